The first kappa shape index (κ1) is 11.0. The Kier molecular flexibility index (Phi) is 8.04. The quantitative estimate of drug-likeness (QED) is 0.262. The molecule has 0 aliphatic rings. The SMILES string of the molecule is [2H]C(=CC([2H])=C([2H])CC([2H])=C([2H])CC([2H])=C([2H])CCCCC)C([2H])(O)CCCC(=O)O. The molecular weight excluding hydrogens is 288 g/mol. The van der Waals surface area contributed by atoms with Crippen LogP contribution in [0.15, 0.2) is 48.4 Å². The van der Waals surface area contributed by atoms with Gasteiger partial charge >= 0.3 is 5.97 Å². The van der Waals surface area contributed by atoms with Gasteiger partial charge < -0.3 is 10.2 Å². The zero-order valence-electron chi connectivity index (χ0n) is 21.7. The highest BCUT2D eigenvalue weighted by Gasteiger charge is 2.01. The van der Waals surface area contributed by atoms with E-state index in [2.05, 4.69) is 0 Å². The van der Waals surface area contributed by atoms with Gasteiger partial charge in [-0.1, -0.05) is 68.2 Å². The standard InChI is InChI=1S/C20H32O3/c1-2-3-4-5-6-7-8-9-10-11-12-13-14-16-19(21)17-15-18-20(22)23/h6-7,9-10,12-14,16,19,21H,2-5,8,11,15,17-18H2,1H3,(H,22,23)/i6D,7D,9D,10D,12D,13D,16D,19D. The second-order valence-corrected chi connectivity index (χ2v) is 4.82. The molecule has 3 nitrogen and oxygen atoms in total. The van der Waals surface area contributed by atoms with Crippen molar-refractivity contribution in [2.45, 2.75) is 70.8 Å². The lowest BCUT2D eigenvalue weighted by Gasteiger charge is -2.02. The fraction of sp³-hybridized carbons (Fsp3) is 0.550. The van der Waals surface area contributed by atoms with Crippen LogP contribution in [0.2, 0.25) is 0 Å². The first-order valence-electron chi connectivity index (χ1n) is 11.9. The van der Waals surface area contributed by atoms with Crippen LogP contribution in [0, 0.1) is 0 Å². The molecule has 0 bridgehead atoms. The van der Waals surface area contributed by atoms with Gasteiger partial charge in [-0.25, -0.2) is 0 Å². The molecule has 0 aromatic rings. The van der Waals surface area contributed by atoms with Gasteiger partial charge in [-0.3, -0.25) is 4.79 Å². The van der Waals surface area contributed by atoms with E-state index >= 15 is 0 Å². The summed E-state index contributed by atoms with van der Waals surface area (Å²) in [5, 5.41) is 18.6. The molecule has 2 N–H and O–H groups in total. The summed E-state index contributed by atoms with van der Waals surface area (Å²) in [7, 11) is 0. The van der Waals surface area contributed by atoms with Crippen molar-refractivity contribution < 1.29 is 26.0 Å². The Balaban J connectivity index is 5.21. The van der Waals surface area contributed by atoms with Crippen LogP contribution in [0.5, 0.6) is 0 Å². The maximum atomic E-state index is 10.5. The summed E-state index contributed by atoms with van der Waals surface area (Å²) >= 11 is 0. The third kappa shape index (κ3) is 18.3. The molecule has 1 unspecified atom stereocenters. The summed E-state index contributed by atoms with van der Waals surface area (Å²) in [6.45, 7) is 2.03. The Hall–Kier alpha value is -1.61. The topological polar surface area (TPSA) is 57.5 Å². The maximum absolute atomic E-state index is 10.5. The minimum absolute atomic E-state index is 0.0302. The van der Waals surface area contributed by atoms with E-state index in [1.165, 1.54) is 0 Å². The average Bonchev–Trinajstić information content (AvgIpc) is 2.67. The van der Waals surface area contributed by atoms with Crippen LogP contribution in [0.4, 0.5) is 0 Å². The van der Waals surface area contributed by atoms with Crippen molar-refractivity contribution in [3.63, 3.8) is 0 Å². The second-order valence-electron chi connectivity index (χ2n) is 4.82. The lowest BCUT2D eigenvalue weighted by molar-refractivity contribution is -0.137. The molecule has 0 aliphatic heterocycles. The third-order valence-electron chi connectivity index (χ3n) is 2.73. The number of carbonyl (C=O) groups is 1. The van der Waals surface area contributed by atoms with Crippen molar-refractivity contribution in [2.75, 3.05) is 0 Å². The predicted octanol–water partition coefficient (Wildman–Crippen LogP) is 5.19. The van der Waals surface area contributed by atoms with Gasteiger partial charge in [0, 0.05) is 6.42 Å². The maximum Gasteiger partial charge on any atom is 0.303 e. The van der Waals surface area contributed by atoms with E-state index in [9.17, 15) is 9.90 Å². The summed E-state index contributed by atoms with van der Waals surface area (Å²) in [5.74, 6) is -1.09. The summed E-state index contributed by atoms with van der Waals surface area (Å²) in [6.07, 6.45) is 0.343. The van der Waals surface area contributed by atoms with Gasteiger partial charge in [0.1, 0.15) is 0 Å². The van der Waals surface area contributed by atoms with E-state index in [1.54, 1.807) is 0 Å². The number of hydrogen-bond acceptors (Lipinski definition) is 2. The van der Waals surface area contributed by atoms with Gasteiger partial charge in [-0.05, 0) is 38.5 Å². The average molecular weight is 329 g/mol. The van der Waals surface area contributed by atoms with E-state index in [0.717, 1.165) is 25.3 Å². The molecule has 0 saturated carbocycles. The van der Waals surface area contributed by atoms with Crippen LogP contribution in [0.3, 0.4) is 0 Å². The minimum Gasteiger partial charge on any atom is -0.481 e. The molecule has 23 heavy (non-hydrogen) atoms. The fourth-order valence-electron chi connectivity index (χ4n) is 1.53. The van der Waals surface area contributed by atoms with Gasteiger partial charge in [-0.15, -0.1) is 0 Å². The molecule has 1 atom stereocenters. The molecule has 0 aromatic carbocycles. The molecule has 130 valence electrons. The number of carboxylic acids is 1. The van der Waals surface area contributed by atoms with Gasteiger partial charge in [0.25, 0.3) is 0 Å². The van der Waals surface area contributed by atoms with Crippen LogP contribution in [0.1, 0.15) is 75.7 Å². The fourth-order valence-corrected chi connectivity index (χ4v) is 1.53. The van der Waals surface area contributed by atoms with E-state index in [1.807, 2.05) is 6.92 Å². The molecule has 0 aliphatic carbocycles. The van der Waals surface area contributed by atoms with Crippen LogP contribution >= 0.6 is 0 Å². The highest BCUT2D eigenvalue weighted by atomic mass is 16.4. The Morgan fingerprint density at radius 3 is 2.52 bits per heavy atom. The van der Waals surface area contributed by atoms with Crippen molar-refractivity contribution in [1.29, 1.82) is 0 Å². The van der Waals surface area contributed by atoms with E-state index in [4.69, 9.17) is 16.1 Å². The monoisotopic (exact) mass is 328 g/mol. The summed E-state index contributed by atoms with van der Waals surface area (Å²) < 4.78 is 62.8. The third-order valence-corrected chi connectivity index (χ3v) is 2.73. The van der Waals surface area contributed by atoms with E-state index in [-0.39, 0.29) is 49.9 Å². The van der Waals surface area contributed by atoms with Crippen LogP contribution in [-0.4, -0.2) is 22.3 Å². The zero-order valence-corrected chi connectivity index (χ0v) is 13.7. The summed E-state index contributed by atoms with van der Waals surface area (Å²) in [6, 6.07) is -2.03. The number of carboxylic acid groups (broad SMARTS) is 1. The smallest absolute Gasteiger partial charge is 0.303 e. The number of unbranched alkanes of at least 4 members (excludes halogenated alkanes) is 2. The number of aliphatic hydroxyl groups is 1. The van der Waals surface area contributed by atoms with Gasteiger partial charge in [0.2, 0.25) is 0 Å². The normalized spacial score (nSPS) is 23.1. The molecule has 0 spiro atoms. The summed E-state index contributed by atoms with van der Waals surface area (Å²) in [4.78, 5) is 10.5. The van der Waals surface area contributed by atoms with E-state index in [0.29, 0.717) is 6.42 Å². The molecule has 3 heteroatoms. The van der Waals surface area contributed by atoms with Gasteiger partial charge in [0.05, 0.1) is 17.0 Å². The highest BCUT2D eigenvalue weighted by Crippen LogP contribution is 2.03. The minimum atomic E-state index is -2.39. The molecular formula is C20H32O3. The van der Waals surface area contributed by atoms with Crippen LogP contribution in [0.25, 0.3) is 0 Å². The first-order chi connectivity index (χ1) is 14.3. The van der Waals surface area contributed by atoms with Gasteiger partial charge in [0.15, 0.2) is 0 Å². The van der Waals surface area contributed by atoms with Crippen molar-refractivity contribution in [3.05, 3.63) is 48.4 Å². The van der Waals surface area contributed by atoms with Crippen LogP contribution in [-0.2, 0) is 4.79 Å². The molecule has 0 heterocycles. The molecule has 0 aromatic heterocycles. The molecule has 0 radical (unpaired) electrons. The Morgan fingerprint density at radius 2 is 1.83 bits per heavy atom. The second kappa shape index (κ2) is 16.8. The lowest BCUT2D eigenvalue weighted by Crippen LogP contribution is -2.03. The first-order valence-corrected chi connectivity index (χ1v) is 7.91. The van der Waals surface area contributed by atoms with E-state index < -0.39 is 36.6 Å². The number of allylic oxidation sites excluding steroid dienone is 7. The Morgan fingerprint density at radius 1 is 1.13 bits per heavy atom. The van der Waals surface area contributed by atoms with Crippen molar-refractivity contribution >= 4 is 5.97 Å². The van der Waals surface area contributed by atoms with Gasteiger partial charge in [-0.2, -0.15) is 0 Å². The molecule has 0 saturated heterocycles. The number of rotatable bonds is 14. The molecule has 0 amide bonds. The Labute approximate surface area is 152 Å². The number of aliphatic carboxylic acids is 1. The predicted molar refractivity (Wildman–Crippen MR) is 97.4 cm³/mol. The molecule has 0 rings (SSSR count). The Bertz CT molecular complexity index is 739. The van der Waals surface area contributed by atoms with Crippen molar-refractivity contribution in [3.8, 4) is 0 Å². The van der Waals surface area contributed by atoms with Crippen molar-refractivity contribution in [2.24, 2.45) is 0 Å². The van der Waals surface area contributed by atoms with Crippen LogP contribution < -0.4 is 0 Å². The number of hydrogen-bond donors (Lipinski definition) is 2. The largest absolute Gasteiger partial charge is 0.481 e. The van der Waals surface area contributed by atoms with Crippen molar-refractivity contribution in [1.82, 2.24) is 0 Å². The molecule has 0 fully saturated rings. The summed E-state index contributed by atoms with van der Waals surface area (Å²) in [5.41, 5.74) is 0. The zero-order chi connectivity index (χ0) is 24.2. The highest BCUT2D eigenvalue weighted by molar-refractivity contribution is 5.66. The lowest BCUT2D eigenvalue weighted by atomic mass is 10.1.